The van der Waals surface area contributed by atoms with Crippen molar-refractivity contribution in [2.75, 3.05) is 0 Å². The van der Waals surface area contributed by atoms with Crippen LogP contribution in [0.3, 0.4) is 0 Å². The Hall–Kier alpha value is -2.41. The molecule has 0 amide bonds. The summed E-state index contributed by atoms with van der Waals surface area (Å²) in [5.74, 6) is 0. The van der Waals surface area contributed by atoms with Gasteiger partial charge in [-0.15, -0.1) is 0 Å². The Balaban J connectivity index is 2.32. The highest BCUT2D eigenvalue weighted by molar-refractivity contribution is 5.83. The summed E-state index contributed by atoms with van der Waals surface area (Å²) in [6, 6.07) is 18.3. The number of nitrogens with zero attached hydrogens (tertiary/aromatic N) is 1. The van der Waals surface area contributed by atoms with E-state index in [1.165, 1.54) is 5.56 Å². The first-order chi connectivity index (χ1) is 9.20. The maximum atomic E-state index is 4.10. The van der Waals surface area contributed by atoms with Crippen LogP contribution in [0.5, 0.6) is 0 Å². The largest absolute Gasteiger partial charge is 0.264 e. The zero-order valence-corrected chi connectivity index (χ0v) is 11.1. The molecule has 0 N–H and O–H groups in total. The van der Waals surface area contributed by atoms with Crippen LogP contribution in [0, 0.1) is 6.92 Å². The van der Waals surface area contributed by atoms with Crippen LogP contribution in [0.25, 0.3) is 11.3 Å². The van der Waals surface area contributed by atoms with E-state index < -0.39 is 0 Å². The molecule has 0 radical (unpaired) electrons. The summed E-state index contributed by atoms with van der Waals surface area (Å²) in [5, 5.41) is 0. The van der Waals surface area contributed by atoms with Crippen molar-refractivity contribution in [1.82, 2.24) is 0 Å². The van der Waals surface area contributed by atoms with E-state index in [1.807, 2.05) is 48.5 Å². The molecule has 2 aromatic carbocycles. The monoisotopic (exact) mass is 247 g/mol. The van der Waals surface area contributed by atoms with Crippen molar-refractivity contribution >= 4 is 18.0 Å². The van der Waals surface area contributed by atoms with Gasteiger partial charge in [-0.05, 0) is 30.9 Å². The normalized spacial score (nSPS) is 11.1. The summed E-state index contributed by atoms with van der Waals surface area (Å²) >= 11 is 0. The molecule has 0 aliphatic carbocycles. The number of hydrogen-bond acceptors (Lipinski definition) is 1. The van der Waals surface area contributed by atoms with Gasteiger partial charge in [-0.1, -0.05) is 66.7 Å². The SMILES string of the molecule is C=N/C(=C\C(=C)c1ccccc1)c1ccc(C)cc1. The second-order valence-corrected chi connectivity index (χ2v) is 4.44. The third kappa shape index (κ3) is 3.29. The lowest BCUT2D eigenvalue weighted by Crippen LogP contribution is -1.84. The second kappa shape index (κ2) is 5.96. The van der Waals surface area contributed by atoms with Crippen LogP contribution < -0.4 is 0 Å². The Labute approximate surface area is 114 Å². The van der Waals surface area contributed by atoms with E-state index in [0.29, 0.717) is 0 Å². The van der Waals surface area contributed by atoms with Gasteiger partial charge in [-0.25, -0.2) is 0 Å². The molecule has 2 rings (SSSR count). The van der Waals surface area contributed by atoms with Gasteiger partial charge in [0.15, 0.2) is 0 Å². The molecule has 0 saturated carbocycles. The predicted molar refractivity (Wildman–Crippen MR) is 84.2 cm³/mol. The van der Waals surface area contributed by atoms with Crippen molar-refractivity contribution in [2.24, 2.45) is 4.99 Å². The number of aryl methyl sites for hydroxylation is 1. The van der Waals surface area contributed by atoms with Crippen molar-refractivity contribution in [2.45, 2.75) is 6.92 Å². The first-order valence-corrected chi connectivity index (χ1v) is 6.20. The third-order valence-corrected chi connectivity index (χ3v) is 2.97. The average Bonchev–Trinajstić information content (AvgIpc) is 2.46. The lowest BCUT2D eigenvalue weighted by Gasteiger charge is -2.05. The Kier molecular flexibility index (Phi) is 4.09. The van der Waals surface area contributed by atoms with Crippen molar-refractivity contribution in [1.29, 1.82) is 0 Å². The van der Waals surface area contributed by atoms with Gasteiger partial charge in [0.2, 0.25) is 0 Å². The Bertz CT molecular complexity index is 604. The van der Waals surface area contributed by atoms with Gasteiger partial charge in [0.1, 0.15) is 0 Å². The highest BCUT2D eigenvalue weighted by Crippen LogP contribution is 2.22. The molecule has 0 heterocycles. The molecule has 1 heteroatoms. The molecule has 2 aromatic rings. The fourth-order valence-electron chi connectivity index (χ4n) is 1.85. The summed E-state index contributed by atoms with van der Waals surface area (Å²) in [5.41, 5.74) is 5.15. The first-order valence-electron chi connectivity index (χ1n) is 6.20. The van der Waals surface area contributed by atoms with Crippen LogP contribution in [0.1, 0.15) is 16.7 Å². The minimum absolute atomic E-state index is 0.842. The van der Waals surface area contributed by atoms with Crippen LogP contribution in [-0.4, -0.2) is 6.72 Å². The molecule has 0 atom stereocenters. The molecular formula is C18H17N. The smallest absolute Gasteiger partial charge is 0.0700 e. The average molecular weight is 247 g/mol. The van der Waals surface area contributed by atoms with Gasteiger partial charge in [-0.3, -0.25) is 4.99 Å². The van der Waals surface area contributed by atoms with Gasteiger partial charge >= 0.3 is 0 Å². The molecule has 0 spiro atoms. The van der Waals surface area contributed by atoms with Gasteiger partial charge in [0.05, 0.1) is 5.70 Å². The van der Waals surface area contributed by atoms with Crippen LogP contribution in [0.15, 0.2) is 72.2 Å². The Morgan fingerprint density at radius 3 is 2.16 bits per heavy atom. The highest BCUT2D eigenvalue weighted by atomic mass is 14.7. The zero-order valence-electron chi connectivity index (χ0n) is 11.1. The van der Waals surface area contributed by atoms with E-state index in [4.69, 9.17) is 0 Å². The quantitative estimate of drug-likeness (QED) is 0.546. The predicted octanol–water partition coefficient (Wildman–Crippen LogP) is 4.75. The molecule has 0 aliphatic rings. The Morgan fingerprint density at radius 1 is 0.947 bits per heavy atom. The van der Waals surface area contributed by atoms with Gasteiger partial charge in [0, 0.05) is 5.56 Å². The van der Waals surface area contributed by atoms with Crippen LogP contribution in [0.2, 0.25) is 0 Å². The van der Waals surface area contributed by atoms with E-state index >= 15 is 0 Å². The molecule has 0 bridgehead atoms. The minimum Gasteiger partial charge on any atom is -0.264 e. The summed E-state index contributed by atoms with van der Waals surface area (Å²) < 4.78 is 0. The summed E-state index contributed by atoms with van der Waals surface area (Å²) in [7, 11) is 0. The molecule has 1 nitrogen and oxygen atoms in total. The Morgan fingerprint density at radius 2 is 1.58 bits per heavy atom. The van der Waals surface area contributed by atoms with Crippen LogP contribution in [0.4, 0.5) is 0 Å². The molecule has 0 unspecified atom stereocenters. The molecule has 0 aliphatic heterocycles. The summed E-state index contributed by atoms with van der Waals surface area (Å²) in [6.45, 7) is 9.81. The fourth-order valence-corrected chi connectivity index (χ4v) is 1.85. The van der Waals surface area contributed by atoms with E-state index in [0.717, 1.165) is 22.4 Å². The topological polar surface area (TPSA) is 12.4 Å². The molecule has 0 fully saturated rings. The number of rotatable bonds is 4. The van der Waals surface area contributed by atoms with E-state index in [-0.39, 0.29) is 0 Å². The molecule has 0 aromatic heterocycles. The third-order valence-electron chi connectivity index (χ3n) is 2.97. The van der Waals surface area contributed by atoms with Crippen LogP contribution in [-0.2, 0) is 0 Å². The lowest BCUT2D eigenvalue weighted by molar-refractivity contribution is 1.43. The maximum Gasteiger partial charge on any atom is 0.0700 e. The van der Waals surface area contributed by atoms with Crippen molar-refractivity contribution in [3.8, 4) is 0 Å². The van der Waals surface area contributed by atoms with Crippen LogP contribution >= 0.6 is 0 Å². The van der Waals surface area contributed by atoms with E-state index in [9.17, 15) is 0 Å². The van der Waals surface area contributed by atoms with Gasteiger partial charge in [-0.2, -0.15) is 0 Å². The van der Waals surface area contributed by atoms with Gasteiger partial charge in [0.25, 0.3) is 0 Å². The molecular weight excluding hydrogens is 230 g/mol. The number of aliphatic imine (C=N–C) groups is 1. The number of allylic oxidation sites excluding steroid dienone is 2. The fraction of sp³-hybridized carbons (Fsp3) is 0.0556. The number of hydrogen-bond donors (Lipinski definition) is 0. The van der Waals surface area contributed by atoms with E-state index in [1.54, 1.807) is 0 Å². The first kappa shape index (κ1) is 13.0. The van der Waals surface area contributed by atoms with Crippen molar-refractivity contribution < 1.29 is 0 Å². The summed E-state index contributed by atoms with van der Waals surface area (Å²) in [4.78, 5) is 4.10. The standard InChI is InChI=1S/C18H17N/c1-14-9-11-17(12-10-14)18(19-3)13-15(2)16-7-5-4-6-8-16/h4-13H,2-3H2,1H3/b18-13-. The molecule has 19 heavy (non-hydrogen) atoms. The zero-order chi connectivity index (χ0) is 13.7. The van der Waals surface area contributed by atoms with Crippen molar-refractivity contribution in [3.05, 3.63) is 83.9 Å². The maximum absolute atomic E-state index is 4.10. The van der Waals surface area contributed by atoms with Crippen molar-refractivity contribution in [3.63, 3.8) is 0 Å². The van der Waals surface area contributed by atoms with Gasteiger partial charge < -0.3 is 0 Å². The lowest BCUT2D eigenvalue weighted by atomic mass is 10.0. The van der Waals surface area contributed by atoms with E-state index in [2.05, 4.69) is 37.3 Å². The highest BCUT2D eigenvalue weighted by Gasteiger charge is 2.01. The summed E-state index contributed by atoms with van der Waals surface area (Å²) in [6.07, 6.45) is 1.97. The molecule has 0 saturated heterocycles. The second-order valence-electron chi connectivity index (χ2n) is 4.44. The molecule has 94 valence electrons. The minimum atomic E-state index is 0.842. The number of benzene rings is 2.